The number of rotatable bonds is 3. The summed E-state index contributed by atoms with van der Waals surface area (Å²) >= 11 is 0. The Kier molecular flexibility index (Phi) is 4.24. The minimum absolute atomic E-state index is 0.00222. The van der Waals surface area contributed by atoms with Crippen LogP contribution in [0.15, 0.2) is 51.7 Å². The zero-order valence-corrected chi connectivity index (χ0v) is 16.0. The fourth-order valence-corrected chi connectivity index (χ4v) is 4.35. The van der Waals surface area contributed by atoms with Gasteiger partial charge in [-0.25, -0.2) is 4.39 Å². The zero-order valence-electron chi connectivity index (χ0n) is 16.0. The van der Waals surface area contributed by atoms with Crippen LogP contribution in [0, 0.1) is 12.7 Å². The molecular formula is C23H20FNO4. The smallest absolute Gasteiger partial charge is 0.291 e. The molecule has 1 saturated heterocycles. The number of fused-ring (bicyclic) bond motifs is 2. The molecule has 1 aromatic heterocycles. The van der Waals surface area contributed by atoms with E-state index in [0.29, 0.717) is 17.6 Å². The molecule has 5 rings (SSSR count). The lowest BCUT2D eigenvalue weighted by molar-refractivity contribution is 0.0483. The summed E-state index contributed by atoms with van der Waals surface area (Å²) in [4.78, 5) is 28.2. The fraction of sp³-hybridized carbons (Fsp3) is 0.304. The number of nitrogens with zero attached hydrogens (tertiary/aromatic N) is 1. The van der Waals surface area contributed by atoms with Gasteiger partial charge in [-0.2, -0.15) is 0 Å². The molecule has 2 aliphatic rings. The van der Waals surface area contributed by atoms with E-state index in [-0.39, 0.29) is 35.0 Å². The Balaban J connectivity index is 1.74. The van der Waals surface area contributed by atoms with Crippen LogP contribution in [0.4, 0.5) is 4.39 Å². The van der Waals surface area contributed by atoms with Crippen molar-refractivity contribution in [3.05, 3.63) is 81.0 Å². The Morgan fingerprint density at radius 3 is 2.76 bits per heavy atom. The predicted octanol–water partition coefficient (Wildman–Crippen LogP) is 3.96. The van der Waals surface area contributed by atoms with Crippen LogP contribution in [0.1, 0.15) is 46.1 Å². The number of aryl methyl sites for hydroxylation is 1. The SMILES string of the molecule is Cc1ccc2oc3c(c(=O)c2c1)[C@@H](c1ccccc1F)N(C[C@@H]1CCCO1)C3=O. The molecule has 2 atom stereocenters. The standard InChI is InChI=1S/C23H20FNO4/c1-13-8-9-18-16(11-13)21(26)19-20(15-6-2-3-7-17(15)24)25(23(27)22(19)29-18)12-14-5-4-10-28-14/h2-3,6-9,11,14,20H,4-5,10,12H2,1H3/t14-,20+/m0/s1. The molecule has 29 heavy (non-hydrogen) atoms. The van der Waals surface area contributed by atoms with Crippen LogP contribution in [0.2, 0.25) is 0 Å². The minimum Gasteiger partial charge on any atom is -0.450 e. The average Bonchev–Trinajstić information content (AvgIpc) is 3.31. The van der Waals surface area contributed by atoms with Gasteiger partial charge >= 0.3 is 0 Å². The summed E-state index contributed by atoms with van der Waals surface area (Å²) < 4.78 is 26.3. The average molecular weight is 393 g/mol. The van der Waals surface area contributed by atoms with Crippen molar-refractivity contribution in [3.63, 3.8) is 0 Å². The van der Waals surface area contributed by atoms with Gasteiger partial charge in [0.25, 0.3) is 5.91 Å². The van der Waals surface area contributed by atoms with Crippen molar-refractivity contribution in [2.24, 2.45) is 0 Å². The summed E-state index contributed by atoms with van der Waals surface area (Å²) in [6, 6.07) is 10.7. The van der Waals surface area contributed by atoms with E-state index in [9.17, 15) is 14.0 Å². The molecule has 6 heteroatoms. The molecule has 0 unspecified atom stereocenters. The van der Waals surface area contributed by atoms with Gasteiger partial charge in [0.15, 0.2) is 5.43 Å². The molecule has 0 aliphatic carbocycles. The van der Waals surface area contributed by atoms with Gasteiger partial charge in [-0.05, 0) is 38.0 Å². The minimum atomic E-state index is -0.830. The highest BCUT2D eigenvalue weighted by molar-refractivity contribution is 5.99. The summed E-state index contributed by atoms with van der Waals surface area (Å²) in [5.74, 6) is -0.861. The molecule has 5 nitrogen and oxygen atoms in total. The Bertz CT molecular complexity index is 1180. The third-order valence-electron chi connectivity index (χ3n) is 5.75. The van der Waals surface area contributed by atoms with E-state index in [1.54, 1.807) is 30.3 Å². The third kappa shape index (κ3) is 2.86. The molecule has 1 amide bonds. The zero-order chi connectivity index (χ0) is 20.1. The van der Waals surface area contributed by atoms with Crippen LogP contribution in [0.5, 0.6) is 0 Å². The lowest BCUT2D eigenvalue weighted by Crippen LogP contribution is -2.36. The monoisotopic (exact) mass is 393 g/mol. The van der Waals surface area contributed by atoms with E-state index in [2.05, 4.69) is 0 Å². The molecule has 0 radical (unpaired) electrons. The molecule has 2 aromatic carbocycles. The maximum absolute atomic E-state index is 14.8. The second-order valence-corrected chi connectivity index (χ2v) is 7.69. The fourth-order valence-electron chi connectivity index (χ4n) is 4.35. The normalized spacial score (nSPS) is 21.2. The quantitative estimate of drug-likeness (QED) is 0.676. The van der Waals surface area contributed by atoms with Gasteiger partial charge in [-0.3, -0.25) is 9.59 Å². The summed E-state index contributed by atoms with van der Waals surface area (Å²) in [5, 5.41) is 0.400. The van der Waals surface area contributed by atoms with Crippen LogP contribution < -0.4 is 5.43 Å². The van der Waals surface area contributed by atoms with Gasteiger partial charge < -0.3 is 14.1 Å². The third-order valence-corrected chi connectivity index (χ3v) is 5.75. The van der Waals surface area contributed by atoms with Crippen LogP contribution in [-0.4, -0.2) is 30.1 Å². The van der Waals surface area contributed by atoms with Crippen LogP contribution in [-0.2, 0) is 4.74 Å². The Hall–Kier alpha value is -2.99. The molecule has 2 aliphatic heterocycles. The number of ether oxygens (including phenoxy) is 1. The maximum atomic E-state index is 14.8. The molecule has 0 saturated carbocycles. The van der Waals surface area contributed by atoms with Crippen molar-refractivity contribution >= 4 is 16.9 Å². The highest BCUT2D eigenvalue weighted by Crippen LogP contribution is 2.39. The second-order valence-electron chi connectivity index (χ2n) is 7.69. The Morgan fingerprint density at radius 2 is 2.00 bits per heavy atom. The number of amides is 1. The van der Waals surface area contributed by atoms with Gasteiger partial charge in [-0.1, -0.05) is 29.8 Å². The second kappa shape index (κ2) is 6.81. The van der Waals surface area contributed by atoms with Gasteiger partial charge in [-0.15, -0.1) is 0 Å². The van der Waals surface area contributed by atoms with E-state index in [1.165, 1.54) is 11.0 Å². The summed E-state index contributed by atoms with van der Waals surface area (Å²) in [6.45, 7) is 2.82. The molecular weight excluding hydrogens is 373 g/mol. The Labute approximate surface area is 166 Å². The molecule has 3 aromatic rings. The lowest BCUT2D eigenvalue weighted by atomic mass is 9.97. The van der Waals surface area contributed by atoms with Crippen molar-refractivity contribution in [1.29, 1.82) is 0 Å². The molecule has 3 heterocycles. The first-order valence-corrected chi connectivity index (χ1v) is 9.79. The van der Waals surface area contributed by atoms with Crippen LogP contribution in [0.3, 0.4) is 0 Å². The predicted molar refractivity (Wildman–Crippen MR) is 105 cm³/mol. The molecule has 0 bridgehead atoms. The first-order chi connectivity index (χ1) is 14.0. The van der Waals surface area contributed by atoms with Crippen molar-refractivity contribution in [1.82, 2.24) is 4.90 Å². The van der Waals surface area contributed by atoms with Crippen molar-refractivity contribution in [2.45, 2.75) is 31.9 Å². The largest absolute Gasteiger partial charge is 0.450 e. The van der Waals surface area contributed by atoms with Gasteiger partial charge in [0.05, 0.1) is 23.1 Å². The highest BCUT2D eigenvalue weighted by Gasteiger charge is 2.44. The Morgan fingerprint density at radius 1 is 1.17 bits per heavy atom. The highest BCUT2D eigenvalue weighted by atomic mass is 19.1. The van der Waals surface area contributed by atoms with Crippen molar-refractivity contribution < 1.29 is 18.3 Å². The van der Waals surface area contributed by atoms with E-state index in [0.717, 1.165) is 18.4 Å². The molecule has 148 valence electrons. The summed E-state index contributed by atoms with van der Waals surface area (Å²) in [5.41, 5.74) is 1.47. The van der Waals surface area contributed by atoms with Crippen LogP contribution in [0.25, 0.3) is 11.0 Å². The number of carbonyl (C=O) groups excluding carboxylic acids is 1. The first-order valence-electron chi connectivity index (χ1n) is 9.79. The topological polar surface area (TPSA) is 59.8 Å². The van der Waals surface area contributed by atoms with Crippen molar-refractivity contribution in [3.8, 4) is 0 Å². The maximum Gasteiger partial charge on any atom is 0.291 e. The summed E-state index contributed by atoms with van der Waals surface area (Å²) in [6.07, 6.45) is 1.62. The number of carbonyl (C=O) groups is 1. The van der Waals surface area contributed by atoms with Gasteiger partial charge in [0.1, 0.15) is 11.4 Å². The lowest BCUT2D eigenvalue weighted by Gasteiger charge is -2.27. The number of halogens is 1. The molecule has 0 N–H and O–H groups in total. The van der Waals surface area contributed by atoms with Crippen LogP contribution >= 0.6 is 0 Å². The molecule has 0 spiro atoms. The van der Waals surface area contributed by atoms with E-state index < -0.39 is 17.8 Å². The first kappa shape index (κ1) is 18.1. The number of benzene rings is 2. The van der Waals surface area contributed by atoms with E-state index in [1.807, 2.05) is 13.0 Å². The van der Waals surface area contributed by atoms with E-state index in [4.69, 9.17) is 9.15 Å². The van der Waals surface area contributed by atoms with E-state index >= 15 is 0 Å². The van der Waals surface area contributed by atoms with Gasteiger partial charge in [0.2, 0.25) is 5.76 Å². The number of hydrogen-bond acceptors (Lipinski definition) is 4. The number of hydrogen-bond donors (Lipinski definition) is 0. The summed E-state index contributed by atoms with van der Waals surface area (Å²) in [7, 11) is 0. The van der Waals surface area contributed by atoms with Gasteiger partial charge in [0, 0.05) is 18.7 Å². The van der Waals surface area contributed by atoms with Crippen molar-refractivity contribution in [2.75, 3.05) is 13.2 Å². The molecule has 1 fully saturated rings.